The Balaban J connectivity index is 2.32. The molecular weight excluding hydrogens is 240 g/mol. The molecule has 1 aliphatic rings. The summed E-state index contributed by atoms with van der Waals surface area (Å²) in [6, 6.07) is 7.05. The minimum atomic E-state index is 0.495. The molecule has 1 fully saturated rings. The third-order valence-corrected chi connectivity index (χ3v) is 3.78. The van der Waals surface area contributed by atoms with Gasteiger partial charge in [-0.15, -0.1) is 0 Å². The highest BCUT2D eigenvalue weighted by atomic mass is 16.5. The maximum Gasteiger partial charge on any atom is 0.145 e. The van der Waals surface area contributed by atoms with Gasteiger partial charge in [0.15, 0.2) is 0 Å². The standard InChI is InChI=1S/C15H24N2O2/c1-5-12-9-16-11(2)10-17(12)14-7-6-13(18-3)8-15(14)19-4/h6-8,11-12,16H,5,9-10H2,1-4H3. The second-order valence-corrected chi connectivity index (χ2v) is 5.06. The number of nitrogens with zero attached hydrogens (tertiary/aromatic N) is 1. The normalized spacial score (nSPS) is 23.3. The summed E-state index contributed by atoms with van der Waals surface area (Å²) in [7, 11) is 3.39. The summed E-state index contributed by atoms with van der Waals surface area (Å²) in [6.45, 7) is 6.47. The third-order valence-electron chi connectivity index (χ3n) is 3.78. The molecule has 1 aromatic rings. The van der Waals surface area contributed by atoms with E-state index in [1.807, 2.05) is 12.1 Å². The molecule has 0 spiro atoms. The van der Waals surface area contributed by atoms with Gasteiger partial charge < -0.3 is 19.7 Å². The van der Waals surface area contributed by atoms with Crippen LogP contribution in [0.1, 0.15) is 20.3 Å². The molecule has 0 bridgehead atoms. The fraction of sp³-hybridized carbons (Fsp3) is 0.600. The van der Waals surface area contributed by atoms with Gasteiger partial charge in [-0.05, 0) is 25.5 Å². The van der Waals surface area contributed by atoms with Crippen LogP contribution in [0.3, 0.4) is 0 Å². The minimum Gasteiger partial charge on any atom is -0.497 e. The van der Waals surface area contributed by atoms with E-state index in [1.165, 1.54) is 0 Å². The molecule has 2 atom stereocenters. The molecular formula is C15H24N2O2. The van der Waals surface area contributed by atoms with Crippen molar-refractivity contribution in [2.45, 2.75) is 32.4 Å². The summed E-state index contributed by atoms with van der Waals surface area (Å²) in [5.74, 6) is 1.71. The van der Waals surface area contributed by atoms with Crippen LogP contribution in [-0.4, -0.2) is 39.4 Å². The monoisotopic (exact) mass is 264 g/mol. The van der Waals surface area contributed by atoms with Gasteiger partial charge in [-0.1, -0.05) is 6.92 Å². The molecule has 2 unspecified atom stereocenters. The lowest BCUT2D eigenvalue weighted by Gasteiger charge is -2.41. The van der Waals surface area contributed by atoms with Gasteiger partial charge in [0.2, 0.25) is 0 Å². The van der Waals surface area contributed by atoms with Crippen LogP contribution in [0.25, 0.3) is 0 Å². The van der Waals surface area contributed by atoms with E-state index in [4.69, 9.17) is 9.47 Å². The SMILES string of the molecule is CCC1CNC(C)CN1c1ccc(OC)cc1OC. The first-order chi connectivity index (χ1) is 9.19. The van der Waals surface area contributed by atoms with E-state index in [0.717, 1.165) is 36.7 Å². The number of ether oxygens (including phenoxy) is 2. The first kappa shape index (κ1) is 14.0. The van der Waals surface area contributed by atoms with Crippen LogP contribution in [0.2, 0.25) is 0 Å². The maximum atomic E-state index is 5.53. The molecule has 0 radical (unpaired) electrons. The number of methoxy groups -OCH3 is 2. The number of piperazine rings is 1. The zero-order chi connectivity index (χ0) is 13.8. The van der Waals surface area contributed by atoms with E-state index in [0.29, 0.717) is 12.1 Å². The van der Waals surface area contributed by atoms with Crippen molar-refractivity contribution in [2.75, 3.05) is 32.2 Å². The highest BCUT2D eigenvalue weighted by Crippen LogP contribution is 2.34. The summed E-state index contributed by atoms with van der Waals surface area (Å²) < 4.78 is 10.8. The van der Waals surface area contributed by atoms with Gasteiger partial charge >= 0.3 is 0 Å². The van der Waals surface area contributed by atoms with Crippen LogP contribution in [0.4, 0.5) is 5.69 Å². The van der Waals surface area contributed by atoms with Gasteiger partial charge in [-0.25, -0.2) is 0 Å². The lowest BCUT2D eigenvalue weighted by Crippen LogP contribution is -2.55. The molecule has 4 heteroatoms. The largest absolute Gasteiger partial charge is 0.497 e. The predicted octanol–water partition coefficient (Wildman–Crippen LogP) is 2.28. The quantitative estimate of drug-likeness (QED) is 0.904. The highest BCUT2D eigenvalue weighted by Gasteiger charge is 2.26. The minimum absolute atomic E-state index is 0.495. The molecule has 19 heavy (non-hydrogen) atoms. The highest BCUT2D eigenvalue weighted by molar-refractivity contribution is 5.62. The van der Waals surface area contributed by atoms with Crippen molar-refractivity contribution in [1.29, 1.82) is 0 Å². The molecule has 0 amide bonds. The number of hydrogen-bond donors (Lipinski definition) is 1. The Morgan fingerprint density at radius 3 is 2.74 bits per heavy atom. The molecule has 106 valence electrons. The van der Waals surface area contributed by atoms with Crippen LogP contribution in [-0.2, 0) is 0 Å². The van der Waals surface area contributed by atoms with E-state index in [-0.39, 0.29) is 0 Å². The van der Waals surface area contributed by atoms with Crippen molar-refractivity contribution in [3.05, 3.63) is 18.2 Å². The second-order valence-electron chi connectivity index (χ2n) is 5.06. The van der Waals surface area contributed by atoms with Gasteiger partial charge in [-0.2, -0.15) is 0 Å². The van der Waals surface area contributed by atoms with Crippen molar-refractivity contribution in [1.82, 2.24) is 5.32 Å². The molecule has 1 saturated heterocycles. The van der Waals surface area contributed by atoms with Crippen molar-refractivity contribution < 1.29 is 9.47 Å². The number of rotatable bonds is 4. The van der Waals surface area contributed by atoms with E-state index >= 15 is 0 Å². The Kier molecular flexibility index (Phi) is 4.53. The summed E-state index contributed by atoms with van der Waals surface area (Å²) in [5.41, 5.74) is 1.16. The van der Waals surface area contributed by atoms with E-state index < -0.39 is 0 Å². The third kappa shape index (κ3) is 2.95. The Morgan fingerprint density at radius 2 is 2.11 bits per heavy atom. The van der Waals surface area contributed by atoms with Gasteiger partial charge in [0, 0.05) is 31.2 Å². The number of nitrogens with one attached hydrogen (secondary N) is 1. The van der Waals surface area contributed by atoms with Crippen LogP contribution >= 0.6 is 0 Å². The Bertz CT molecular complexity index is 423. The molecule has 1 aromatic carbocycles. The second kappa shape index (κ2) is 6.15. The van der Waals surface area contributed by atoms with E-state index in [9.17, 15) is 0 Å². The number of anilines is 1. The Morgan fingerprint density at radius 1 is 1.32 bits per heavy atom. The molecule has 0 saturated carbocycles. The lowest BCUT2D eigenvalue weighted by atomic mass is 10.1. The van der Waals surface area contributed by atoms with Crippen molar-refractivity contribution >= 4 is 5.69 Å². The van der Waals surface area contributed by atoms with Crippen molar-refractivity contribution in [3.8, 4) is 11.5 Å². The fourth-order valence-corrected chi connectivity index (χ4v) is 2.64. The van der Waals surface area contributed by atoms with Crippen LogP contribution < -0.4 is 19.7 Å². The van der Waals surface area contributed by atoms with E-state index in [2.05, 4.69) is 30.1 Å². The summed E-state index contributed by atoms with van der Waals surface area (Å²) in [5, 5.41) is 3.54. The summed E-state index contributed by atoms with van der Waals surface area (Å²) in [4.78, 5) is 2.44. The topological polar surface area (TPSA) is 33.7 Å². The Labute approximate surface area is 115 Å². The van der Waals surface area contributed by atoms with Crippen LogP contribution in [0.15, 0.2) is 18.2 Å². The molecule has 2 rings (SSSR count). The van der Waals surface area contributed by atoms with Gasteiger partial charge in [0.05, 0.1) is 19.9 Å². The summed E-state index contributed by atoms with van der Waals surface area (Å²) >= 11 is 0. The number of hydrogen-bond acceptors (Lipinski definition) is 4. The van der Waals surface area contributed by atoms with Gasteiger partial charge in [-0.3, -0.25) is 0 Å². The lowest BCUT2D eigenvalue weighted by molar-refractivity contribution is 0.378. The van der Waals surface area contributed by atoms with Crippen LogP contribution in [0, 0.1) is 0 Å². The smallest absolute Gasteiger partial charge is 0.145 e. The molecule has 1 heterocycles. The average molecular weight is 264 g/mol. The van der Waals surface area contributed by atoms with E-state index in [1.54, 1.807) is 14.2 Å². The Hall–Kier alpha value is -1.42. The first-order valence-electron chi connectivity index (χ1n) is 6.91. The molecule has 0 aliphatic carbocycles. The summed E-state index contributed by atoms with van der Waals surface area (Å²) in [6.07, 6.45) is 1.12. The first-order valence-corrected chi connectivity index (χ1v) is 6.91. The fourth-order valence-electron chi connectivity index (χ4n) is 2.64. The predicted molar refractivity (Wildman–Crippen MR) is 78.4 cm³/mol. The molecule has 0 aromatic heterocycles. The zero-order valence-electron chi connectivity index (χ0n) is 12.3. The van der Waals surface area contributed by atoms with Crippen LogP contribution in [0.5, 0.6) is 11.5 Å². The van der Waals surface area contributed by atoms with Crippen molar-refractivity contribution in [3.63, 3.8) is 0 Å². The maximum absolute atomic E-state index is 5.53. The zero-order valence-corrected chi connectivity index (χ0v) is 12.3. The van der Waals surface area contributed by atoms with Gasteiger partial charge in [0.25, 0.3) is 0 Å². The molecule has 4 nitrogen and oxygen atoms in total. The molecule has 1 N–H and O–H groups in total. The number of benzene rings is 1. The van der Waals surface area contributed by atoms with Crippen molar-refractivity contribution in [2.24, 2.45) is 0 Å². The molecule has 1 aliphatic heterocycles. The average Bonchev–Trinajstić information content (AvgIpc) is 2.46. The van der Waals surface area contributed by atoms with Gasteiger partial charge in [0.1, 0.15) is 11.5 Å².